The summed E-state index contributed by atoms with van der Waals surface area (Å²) in [5, 5.41) is 9.72. The minimum absolute atomic E-state index is 0.232. The molecule has 0 spiro atoms. The molecular weight excluding hydrogens is 236 g/mol. The van der Waals surface area contributed by atoms with Crippen molar-refractivity contribution >= 4 is 11.0 Å². The van der Waals surface area contributed by atoms with E-state index in [-0.39, 0.29) is 5.75 Å². The van der Waals surface area contributed by atoms with E-state index < -0.39 is 0 Å². The molecule has 0 radical (unpaired) electrons. The zero-order valence-corrected chi connectivity index (χ0v) is 10.9. The maximum absolute atomic E-state index is 9.72. The van der Waals surface area contributed by atoms with Gasteiger partial charge in [0.05, 0.1) is 5.52 Å². The molecule has 2 N–H and O–H groups in total. The number of phenols is 1. The first-order valence-electron chi connectivity index (χ1n) is 6.44. The number of imidazole rings is 1. The van der Waals surface area contributed by atoms with E-state index >= 15 is 0 Å². The average Bonchev–Trinajstić information content (AvgIpc) is 2.83. The number of aromatic amines is 1. The number of rotatable bonds is 3. The Labute approximate surface area is 111 Å². The average molecular weight is 252 g/mol. The molecule has 0 amide bonds. The summed E-state index contributed by atoms with van der Waals surface area (Å²) in [4.78, 5) is 7.69. The van der Waals surface area contributed by atoms with E-state index in [1.54, 1.807) is 6.07 Å². The highest BCUT2D eigenvalue weighted by atomic mass is 16.3. The van der Waals surface area contributed by atoms with E-state index in [0.29, 0.717) is 5.52 Å². The molecule has 0 atom stereocenters. The van der Waals surface area contributed by atoms with Crippen molar-refractivity contribution in [2.75, 3.05) is 0 Å². The van der Waals surface area contributed by atoms with E-state index in [0.717, 1.165) is 24.2 Å². The predicted molar refractivity (Wildman–Crippen MR) is 76.3 cm³/mol. The van der Waals surface area contributed by atoms with E-state index in [1.165, 1.54) is 11.1 Å². The van der Waals surface area contributed by atoms with E-state index in [9.17, 15) is 5.11 Å². The van der Waals surface area contributed by atoms with Gasteiger partial charge in [-0.2, -0.15) is 0 Å². The van der Waals surface area contributed by atoms with Crippen molar-refractivity contribution in [1.82, 2.24) is 9.97 Å². The van der Waals surface area contributed by atoms with E-state index in [1.807, 2.05) is 12.1 Å². The molecule has 2 aromatic carbocycles. The second-order valence-electron chi connectivity index (χ2n) is 4.84. The Morgan fingerprint density at radius 2 is 1.84 bits per heavy atom. The molecule has 0 saturated heterocycles. The normalized spacial score (nSPS) is 11.0. The zero-order chi connectivity index (χ0) is 13.2. The number of aromatic hydroxyl groups is 1. The third-order valence-corrected chi connectivity index (χ3v) is 3.31. The molecule has 3 rings (SSSR count). The number of para-hydroxylation sites is 1. The van der Waals surface area contributed by atoms with Crippen molar-refractivity contribution in [1.29, 1.82) is 0 Å². The van der Waals surface area contributed by atoms with Crippen LogP contribution in [0.2, 0.25) is 0 Å². The molecule has 0 unspecified atom stereocenters. The number of nitrogens with one attached hydrogen (secondary N) is 1. The maximum atomic E-state index is 9.72. The van der Waals surface area contributed by atoms with Crippen molar-refractivity contribution < 1.29 is 5.11 Å². The summed E-state index contributed by atoms with van der Waals surface area (Å²) in [7, 11) is 0. The lowest BCUT2D eigenvalue weighted by Gasteiger charge is -1.99. The Hall–Kier alpha value is -2.29. The molecule has 19 heavy (non-hydrogen) atoms. The molecule has 0 aliphatic heterocycles. The van der Waals surface area contributed by atoms with Gasteiger partial charge in [0.2, 0.25) is 0 Å². The summed E-state index contributed by atoms with van der Waals surface area (Å²) in [6.45, 7) is 2.09. The van der Waals surface area contributed by atoms with Crippen LogP contribution in [0.3, 0.4) is 0 Å². The van der Waals surface area contributed by atoms with Crippen LogP contribution in [0.4, 0.5) is 0 Å². The predicted octanol–water partition coefficient (Wildman–Crippen LogP) is 3.36. The van der Waals surface area contributed by atoms with Crippen LogP contribution in [0.5, 0.6) is 5.75 Å². The van der Waals surface area contributed by atoms with Gasteiger partial charge in [0, 0.05) is 6.42 Å². The lowest BCUT2D eigenvalue weighted by Crippen LogP contribution is -1.93. The standard InChI is InChI=1S/C16H16N2O/c1-11-5-7-12(8-6-11)9-10-15-17-13-3-2-4-14(19)16(13)18-15/h2-8,19H,9-10H2,1H3,(H,17,18). The molecule has 3 heteroatoms. The Morgan fingerprint density at radius 3 is 2.58 bits per heavy atom. The van der Waals surface area contributed by atoms with Gasteiger partial charge >= 0.3 is 0 Å². The molecule has 1 heterocycles. The van der Waals surface area contributed by atoms with Crippen LogP contribution in [0.15, 0.2) is 42.5 Å². The van der Waals surface area contributed by atoms with Crippen LogP contribution < -0.4 is 0 Å². The first-order chi connectivity index (χ1) is 9.22. The largest absolute Gasteiger partial charge is 0.506 e. The maximum Gasteiger partial charge on any atom is 0.143 e. The third kappa shape index (κ3) is 2.45. The Balaban J connectivity index is 1.78. The molecule has 0 aliphatic rings. The summed E-state index contributed by atoms with van der Waals surface area (Å²) in [6, 6.07) is 14.0. The second-order valence-corrected chi connectivity index (χ2v) is 4.84. The zero-order valence-electron chi connectivity index (χ0n) is 10.9. The summed E-state index contributed by atoms with van der Waals surface area (Å²) in [6.07, 6.45) is 1.79. The number of nitrogens with zero attached hydrogens (tertiary/aromatic N) is 1. The lowest BCUT2D eigenvalue weighted by molar-refractivity contribution is 0.480. The molecule has 0 bridgehead atoms. The van der Waals surface area contributed by atoms with Gasteiger partial charge in [0.1, 0.15) is 17.1 Å². The number of aromatic nitrogens is 2. The second kappa shape index (κ2) is 4.76. The first-order valence-corrected chi connectivity index (χ1v) is 6.44. The van der Waals surface area contributed by atoms with Gasteiger partial charge in [-0.3, -0.25) is 0 Å². The quantitative estimate of drug-likeness (QED) is 0.751. The van der Waals surface area contributed by atoms with Gasteiger partial charge < -0.3 is 10.1 Å². The van der Waals surface area contributed by atoms with E-state index in [4.69, 9.17) is 0 Å². The molecule has 0 aliphatic carbocycles. The summed E-state index contributed by atoms with van der Waals surface area (Å²) < 4.78 is 0. The number of benzene rings is 2. The Bertz CT molecular complexity index is 698. The number of H-pyrrole nitrogens is 1. The monoisotopic (exact) mass is 252 g/mol. The molecule has 3 aromatic rings. The van der Waals surface area contributed by atoms with E-state index in [2.05, 4.69) is 41.2 Å². The van der Waals surface area contributed by atoms with Crippen LogP contribution in [0.25, 0.3) is 11.0 Å². The van der Waals surface area contributed by atoms with Crippen molar-refractivity contribution in [3.63, 3.8) is 0 Å². The number of phenolic OH excluding ortho intramolecular Hbond substituents is 1. The highest BCUT2D eigenvalue weighted by Crippen LogP contribution is 2.22. The third-order valence-electron chi connectivity index (χ3n) is 3.31. The van der Waals surface area contributed by atoms with Crippen molar-refractivity contribution in [3.05, 3.63) is 59.4 Å². The SMILES string of the molecule is Cc1ccc(CCc2nc3c(O)cccc3[nH]2)cc1. The van der Waals surface area contributed by atoms with Gasteiger partial charge in [0.15, 0.2) is 0 Å². The lowest BCUT2D eigenvalue weighted by atomic mass is 10.1. The van der Waals surface area contributed by atoms with Crippen LogP contribution in [0, 0.1) is 6.92 Å². The minimum atomic E-state index is 0.232. The molecule has 0 fully saturated rings. The van der Waals surface area contributed by atoms with Gasteiger partial charge in [-0.15, -0.1) is 0 Å². The van der Waals surface area contributed by atoms with Crippen LogP contribution >= 0.6 is 0 Å². The molecule has 1 aromatic heterocycles. The molecule has 3 nitrogen and oxygen atoms in total. The fraction of sp³-hybridized carbons (Fsp3) is 0.188. The fourth-order valence-corrected chi connectivity index (χ4v) is 2.20. The fourth-order valence-electron chi connectivity index (χ4n) is 2.20. The topological polar surface area (TPSA) is 48.9 Å². The number of hydrogen-bond acceptors (Lipinski definition) is 2. The highest BCUT2D eigenvalue weighted by Gasteiger charge is 2.06. The minimum Gasteiger partial charge on any atom is -0.506 e. The number of aryl methyl sites for hydroxylation is 3. The number of fused-ring (bicyclic) bond motifs is 1. The van der Waals surface area contributed by atoms with Crippen LogP contribution in [-0.2, 0) is 12.8 Å². The molecule has 0 saturated carbocycles. The van der Waals surface area contributed by atoms with Crippen LogP contribution in [0.1, 0.15) is 17.0 Å². The summed E-state index contributed by atoms with van der Waals surface area (Å²) >= 11 is 0. The highest BCUT2D eigenvalue weighted by molar-refractivity contribution is 5.81. The van der Waals surface area contributed by atoms with Crippen molar-refractivity contribution in [2.45, 2.75) is 19.8 Å². The summed E-state index contributed by atoms with van der Waals surface area (Å²) in [5.74, 6) is 1.15. The summed E-state index contributed by atoms with van der Waals surface area (Å²) in [5.41, 5.74) is 4.12. The van der Waals surface area contributed by atoms with Gasteiger partial charge in [-0.05, 0) is 31.0 Å². The Kier molecular flexibility index (Phi) is 2.95. The van der Waals surface area contributed by atoms with Gasteiger partial charge in [-0.25, -0.2) is 4.98 Å². The van der Waals surface area contributed by atoms with Gasteiger partial charge in [-0.1, -0.05) is 35.9 Å². The first kappa shape index (κ1) is 11.8. The molecule has 96 valence electrons. The van der Waals surface area contributed by atoms with Crippen molar-refractivity contribution in [3.8, 4) is 5.75 Å². The van der Waals surface area contributed by atoms with Crippen LogP contribution in [-0.4, -0.2) is 15.1 Å². The smallest absolute Gasteiger partial charge is 0.143 e. The number of hydrogen-bond donors (Lipinski definition) is 2. The Morgan fingerprint density at radius 1 is 1.05 bits per heavy atom. The molecular formula is C16H16N2O. The van der Waals surface area contributed by atoms with Crippen molar-refractivity contribution in [2.24, 2.45) is 0 Å². The van der Waals surface area contributed by atoms with Gasteiger partial charge in [0.25, 0.3) is 0 Å².